The second-order valence-corrected chi connectivity index (χ2v) is 9.50. The summed E-state index contributed by atoms with van der Waals surface area (Å²) in [6, 6.07) is 3.17. The number of aromatic carboxylic acids is 1. The highest BCUT2D eigenvalue weighted by atomic mass is 32.1. The van der Waals surface area contributed by atoms with Crippen LogP contribution in [0.15, 0.2) is 29.3 Å². The van der Waals surface area contributed by atoms with Gasteiger partial charge in [-0.05, 0) is 31.4 Å². The molecule has 2 aliphatic heterocycles. The summed E-state index contributed by atoms with van der Waals surface area (Å²) in [7, 11) is 0. The lowest BCUT2D eigenvalue weighted by Gasteiger charge is -2.43. The van der Waals surface area contributed by atoms with Crippen LogP contribution in [0.4, 0.5) is 10.2 Å². The summed E-state index contributed by atoms with van der Waals surface area (Å²) in [6.45, 7) is 2.48. The van der Waals surface area contributed by atoms with E-state index in [2.05, 4.69) is 15.3 Å². The molecule has 2 atom stereocenters. The van der Waals surface area contributed by atoms with Crippen LogP contribution >= 0.6 is 11.3 Å². The van der Waals surface area contributed by atoms with Crippen LogP contribution in [0.1, 0.15) is 29.6 Å². The lowest BCUT2D eigenvalue weighted by molar-refractivity contribution is -0.00541. The quantitative estimate of drug-likeness (QED) is 0.424. The lowest BCUT2D eigenvalue weighted by Crippen LogP contribution is -2.57. The van der Waals surface area contributed by atoms with Crippen LogP contribution in [-0.2, 0) is 4.74 Å². The second-order valence-electron chi connectivity index (χ2n) is 8.54. The summed E-state index contributed by atoms with van der Waals surface area (Å²) in [4.78, 5) is 34.7. The molecule has 3 aromatic heterocycles. The largest absolute Gasteiger partial charge is 0.477 e. The van der Waals surface area contributed by atoms with E-state index in [1.807, 2.05) is 4.90 Å². The molecule has 5 heterocycles. The van der Waals surface area contributed by atoms with E-state index in [1.165, 1.54) is 10.6 Å². The van der Waals surface area contributed by atoms with Crippen LogP contribution < -0.4 is 15.6 Å². The average molecular weight is 490 g/mol. The number of anilines is 1. The number of carbonyl (C=O) groups is 1. The number of hydrogen-bond donors (Lipinski definition) is 3. The molecule has 5 rings (SSSR count). The van der Waals surface area contributed by atoms with Gasteiger partial charge in [0.1, 0.15) is 17.6 Å². The van der Waals surface area contributed by atoms with E-state index in [4.69, 9.17) is 4.74 Å². The zero-order valence-corrected chi connectivity index (χ0v) is 19.0. The van der Waals surface area contributed by atoms with Crippen molar-refractivity contribution in [2.45, 2.75) is 31.6 Å². The molecule has 2 fully saturated rings. The van der Waals surface area contributed by atoms with Gasteiger partial charge in [0.2, 0.25) is 5.43 Å². The van der Waals surface area contributed by atoms with Gasteiger partial charge in [-0.25, -0.2) is 14.8 Å². The highest BCUT2D eigenvalue weighted by Crippen LogP contribution is 2.28. The number of hydrogen-bond acceptors (Lipinski definition) is 9. The highest BCUT2D eigenvalue weighted by molar-refractivity contribution is 7.12. The Labute approximate surface area is 197 Å². The van der Waals surface area contributed by atoms with Crippen molar-refractivity contribution in [3.05, 3.63) is 45.4 Å². The van der Waals surface area contributed by atoms with Gasteiger partial charge in [0.05, 0.1) is 17.7 Å². The summed E-state index contributed by atoms with van der Waals surface area (Å²) in [5.41, 5.74) is -0.919. The molecule has 0 aliphatic carbocycles. The molecular weight excluding hydrogens is 465 g/mol. The zero-order valence-electron chi connectivity index (χ0n) is 18.2. The molecule has 2 aliphatic rings. The maximum atomic E-state index is 13.6. The highest BCUT2D eigenvalue weighted by Gasteiger charge is 2.34. The Kier molecular flexibility index (Phi) is 6.30. The van der Waals surface area contributed by atoms with E-state index in [0.29, 0.717) is 25.5 Å². The monoisotopic (exact) mass is 489 g/mol. The third kappa shape index (κ3) is 4.41. The summed E-state index contributed by atoms with van der Waals surface area (Å²) >= 11 is 0.722. The standard InChI is InChI=1S/C22H24FN5O5S/c23-16-8-25-22(34-16)28-11-15(21(31)32)18(29)14-4-5-17(26-19(14)28)27-9-12(10-27)20(30)24-7-13-3-1-2-6-33-13/h4-5,8,11-13,20,24,30H,1-3,6-7,9-10H2,(H,31,32). The van der Waals surface area contributed by atoms with Gasteiger partial charge >= 0.3 is 5.97 Å². The number of carboxylic acid groups (broad SMARTS) is 1. The van der Waals surface area contributed by atoms with Crippen molar-refractivity contribution in [3.8, 4) is 5.13 Å². The number of rotatable bonds is 7. The van der Waals surface area contributed by atoms with Crippen molar-refractivity contribution in [1.29, 1.82) is 0 Å². The molecule has 0 aromatic carbocycles. The van der Waals surface area contributed by atoms with Crippen LogP contribution in [0.25, 0.3) is 16.2 Å². The minimum atomic E-state index is -1.38. The molecule has 0 spiro atoms. The first-order valence-electron chi connectivity index (χ1n) is 11.1. The number of nitrogens with one attached hydrogen (secondary N) is 1. The van der Waals surface area contributed by atoms with Gasteiger partial charge in [-0.15, -0.1) is 0 Å². The Morgan fingerprint density at radius 3 is 2.85 bits per heavy atom. The molecule has 12 heteroatoms. The first-order chi connectivity index (χ1) is 16.4. The topological polar surface area (TPSA) is 130 Å². The van der Waals surface area contributed by atoms with E-state index < -0.39 is 28.3 Å². The molecule has 0 saturated carbocycles. The van der Waals surface area contributed by atoms with Gasteiger partial charge in [0.25, 0.3) is 0 Å². The van der Waals surface area contributed by atoms with E-state index in [1.54, 1.807) is 6.07 Å². The van der Waals surface area contributed by atoms with E-state index in [-0.39, 0.29) is 28.2 Å². The fourth-order valence-electron chi connectivity index (χ4n) is 4.31. The first-order valence-corrected chi connectivity index (χ1v) is 11.9. The predicted molar refractivity (Wildman–Crippen MR) is 123 cm³/mol. The summed E-state index contributed by atoms with van der Waals surface area (Å²) in [5, 5.41) is 22.8. The Bertz CT molecular complexity index is 1270. The van der Waals surface area contributed by atoms with Crippen molar-refractivity contribution in [3.63, 3.8) is 0 Å². The molecule has 3 aromatic rings. The first kappa shape index (κ1) is 22.8. The van der Waals surface area contributed by atoms with Crippen LogP contribution in [0.2, 0.25) is 0 Å². The van der Waals surface area contributed by atoms with Gasteiger partial charge in [-0.3, -0.25) is 14.7 Å². The van der Waals surface area contributed by atoms with Crippen molar-refractivity contribution in [2.24, 2.45) is 5.92 Å². The fraction of sp³-hybridized carbons (Fsp3) is 0.455. The molecule has 10 nitrogen and oxygen atoms in total. The minimum absolute atomic E-state index is 0.00530. The number of halogens is 1. The number of fused-ring (bicyclic) bond motifs is 1. The molecule has 0 bridgehead atoms. The number of thiazole rings is 1. The van der Waals surface area contributed by atoms with Crippen molar-refractivity contribution >= 4 is 34.2 Å². The maximum Gasteiger partial charge on any atom is 0.341 e. The molecule has 0 amide bonds. The smallest absolute Gasteiger partial charge is 0.341 e. The SMILES string of the molecule is O=C(O)c1cn(-c2ncc(F)s2)c2nc(N3CC(C(O)NCC4CCCCO4)C3)ccc2c1=O. The van der Waals surface area contributed by atoms with Crippen molar-refractivity contribution in [1.82, 2.24) is 19.9 Å². The lowest BCUT2D eigenvalue weighted by atomic mass is 9.97. The number of nitrogens with zero attached hydrogens (tertiary/aromatic N) is 4. The Hall–Kier alpha value is -2.93. The molecule has 180 valence electrons. The van der Waals surface area contributed by atoms with E-state index >= 15 is 0 Å². The van der Waals surface area contributed by atoms with Crippen LogP contribution in [0.5, 0.6) is 0 Å². The van der Waals surface area contributed by atoms with Crippen molar-refractivity contribution in [2.75, 3.05) is 31.1 Å². The van der Waals surface area contributed by atoms with E-state index in [9.17, 15) is 24.2 Å². The summed E-state index contributed by atoms with van der Waals surface area (Å²) < 4.78 is 20.6. The Morgan fingerprint density at radius 2 is 2.18 bits per heavy atom. The fourth-order valence-corrected chi connectivity index (χ4v) is 4.93. The number of aromatic nitrogens is 3. The average Bonchev–Trinajstić information content (AvgIpc) is 3.23. The van der Waals surface area contributed by atoms with Crippen LogP contribution in [0, 0.1) is 11.0 Å². The molecule has 0 radical (unpaired) electrons. The second kappa shape index (κ2) is 9.37. The number of ether oxygens (including phenoxy) is 1. The third-order valence-corrected chi connectivity index (χ3v) is 7.03. The van der Waals surface area contributed by atoms with Gasteiger partial charge in [0, 0.05) is 38.4 Å². The predicted octanol–water partition coefficient (Wildman–Crippen LogP) is 1.59. The van der Waals surface area contributed by atoms with Gasteiger partial charge in [-0.1, -0.05) is 11.3 Å². The maximum absolute atomic E-state index is 13.6. The minimum Gasteiger partial charge on any atom is -0.477 e. The van der Waals surface area contributed by atoms with Crippen LogP contribution in [0.3, 0.4) is 0 Å². The number of pyridine rings is 2. The van der Waals surface area contributed by atoms with E-state index in [0.717, 1.165) is 49.6 Å². The Morgan fingerprint density at radius 1 is 1.35 bits per heavy atom. The molecular formula is C22H24FN5O5S. The zero-order chi connectivity index (χ0) is 23.8. The third-order valence-electron chi connectivity index (χ3n) is 6.25. The van der Waals surface area contributed by atoms with Gasteiger partial charge in [0.15, 0.2) is 15.9 Å². The molecule has 2 saturated heterocycles. The molecule has 2 unspecified atom stereocenters. The number of aliphatic hydroxyl groups excluding tert-OH is 1. The van der Waals surface area contributed by atoms with Crippen molar-refractivity contribution < 1.29 is 24.1 Å². The normalized spacial score (nSPS) is 19.8. The van der Waals surface area contributed by atoms with Crippen LogP contribution in [-0.4, -0.2) is 69.3 Å². The number of carboxylic acids is 1. The van der Waals surface area contributed by atoms with Gasteiger partial charge < -0.3 is 19.8 Å². The molecule has 34 heavy (non-hydrogen) atoms. The Balaban J connectivity index is 1.35. The molecule has 3 N–H and O–H groups in total. The van der Waals surface area contributed by atoms with Gasteiger partial charge in [-0.2, -0.15) is 4.39 Å². The number of aliphatic hydroxyl groups is 1. The summed E-state index contributed by atoms with van der Waals surface area (Å²) in [5.74, 6) is -0.807. The summed E-state index contributed by atoms with van der Waals surface area (Å²) in [6.07, 6.45) is 4.83.